The number of hydrogen-bond donors (Lipinski definition) is 2. The Morgan fingerprint density at radius 3 is 2.38 bits per heavy atom. The second-order valence-electron chi connectivity index (χ2n) is 4.69. The number of halogens is 1. The predicted octanol–water partition coefficient (Wildman–Crippen LogP) is 2.59. The average molecular weight is 314 g/mol. The molecule has 0 aliphatic carbocycles. The van der Waals surface area contributed by atoms with Crippen LogP contribution in [0, 0.1) is 6.92 Å². The summed E-state index contributed by atoms with van der Waals surface area (Å²) >= 11 is 0. The number of anilines is 2. The standard InChI is InChI=1S/C15H23N3O2.ClH/c1-4-18(5-2)15(20)9-8-14(19)17-13-10-12(16)7-6-11(13)3;/h6-7,10H,4-5,8-9,16H2,1-3H3,(H,17,19);1H. The van der Waals surface area contributed by atoms with Crippen molar-refractivity contribution < 1.29 is 9.59 Å². The smallest absolute Gasteiger partial charge is 0.224 e. The van der Waals surface area contributed by atoms with Gasteiger partial charge in [-0.05, 0) is 38.5 Å². The monoisotopic (exact) mass is 313 g/mol. The molecule has 0 atom stereocenters. The van der Waals surface area contributed by atoms with Crippen LogP contribution >= 0.6 is 12.4 Å². The number of aryl methyl sites for hydroxylation is 1. The van der Waals surface area contributed by atoms with Gasteiger partial charge in [-0.1, -0.05) is 6.07 Å². The number of nitrogens with two attached hydrogens (primary N) is 1. The first kappa shape index (κ1) is 19.2. The van der Waals surface area contributed by atoms with Gasteiger partial charge in [0.25, 0.3) is 0 Å². The highest BCUT2D eigenvalue weighted by Gasteiger charge is 2.12. The Labute approximate surface area is 132 Å². The van der Waals surface area contributed by atoms with E-state index >= 15 is 0 Å². The summed E-state index contributed by atoms with van der Waals surface area (Å²) in [4.78, 5) is 25.4. The van der Waals surface area contributed by atoms with Gasteiger partial charge in [0.2, 0.25) is 11.8 Å². The van der Waals surface area contributed by atoms with Gasteiger partial charge in [-0.2, -0.15) is 0 Å². The Morgan fingerprint density at radius 1 is 1.19 bits per heavy atom. The van der Waals surface area contributed by atoms with Crippen LogP contribution in [0.4, 0.5) is 11.4 Å². The van der Waals surface area contributed by atoms with Crippen molar-refractivity contribution in [1.29, 1.82) is 0 Å². The van der Waals surface area contributed by atoms with E-state index in [9.17, 15) is 9.59 Å². The lowest BCUT2D eigenvalue weighted by atomic mass is 10.1. The fourth-order valence-electron chi connectivity index (χ4n) is 1.94. The van der Waals surface area contributed by atoms with Crippen LogP contribution in [0.3, 0.4) is 0 Å². The van der Waals surface area contributed by atoms with E-state index in [-0.39, 0.29) is 37.1 Å². The minimum Gasteiger partial charge on any atom is -0.399 e. The SMILES string of the molecule is CCN(CC)C(=O)CCC(=O)Nc1cc(N)ccc1C.Cl. The Hall–Kier alpha value is -1.75. The minimum absolute atomic E-state index is 0. The molecule has 5 nitrogen and oxygen atoms in total. The number of nitrogens with one attached hydrogen (secondary N) is 1. The number of hydrogen-bond acceptors (Lipinski definition) is 3. The molecule has 6 heteroatoms. The van der Waals surface area contributed by atoms with E-state index in [1.165, 1.54) is 0 Å². The molecule has 0 bridgehead atoms. The lowest BCUT2D eigenvalue weighted by Crippen LogP contribution is -2.31. The molecule has 0 spiro atoms. The predicted molar refractivity (Wildman–Crippen MR) is 88.6 cm³/mol. The Kier molecular flexibility index (Phi) is 8.47. The van der Waals surface area contributed by atoms with Crippen molar-refractivity contribution in [2.75, 3.05) is 24.1 Å². The van der Waals surface area contributed by atoms with Crippen molar-refractivity contribution in [3.8, 4) is 0 Å². The highest BCUT2D eigenvalue weighted by Crippen LogP contribution is 2.18. The van der Waals surface area contributed by atoms with Gasteiger partial charge >= 0.3 is 0 Å². The van der Waals surface area contributed by atoms with Crippen molar-refractivity contribution in [3.63, 3.8) is 0 Å². The number of carbonyl (C=O) groups excluding carboxylic acids is 2. The third-order valence-corrected chi connectivity index (χ3v) is 3.22. The molecule has 1 aromatic rings. The molecule has 0 aromatic heterocycles. The summed E-state index contributed by atoms with van der Waals surface area (Å²) in [5, 5.41) is 2.79. The van der Waals surface area contributed by atoms with Crippen LogP contribution < -0.4 is 11.1 Å². The van der Waals surface area contributed by atoms with E-state index in [2.05, 4.69) is 5.32 Å². The van der Waals surface area contributed by atoms with Crippen molar-refractivity contribution >= 4 is 35.6 Å². The van der Waals surface area contributed by atoms with Crippen LogP contribution in [0.5, 0.6) is 0 Å². The molecular formula is C15H24ClN3O2. The van der Waals surface area contributed by atoms with Gasteiger partial charge in [0.05, 0.1) is 0 Å². The van der Waals surface area contributed by atoms with Crippen LogP contribution in [0.25, 0.3) is 0 Å². The molecule has 21 heavy (non-hydrogen) atoms. The maximum Gasteiger partial charge on any atom is 0.224 e. The zero-order valence-electron chi connectivity index (χ0n) is 12.8. The second kappa shape index (κ2) is 9.23. The fraction of sp³-hybridized carbons (Fsp3) is 0.467. The molecule has 0 unspecified atom stereocenters. The maximum atomic E-state index is 11.9. The van der Waals surface area contributed by atoms with Crippen molar-refractivity contribution in [2.45, 2.75) is 33.6 Å². The van der Waals surface area contributed by atoms with Gasteiger partial charge in [-0.3, -0.25) is 9.59 Å². The molecule has 0 fully saturated rings. The van der Waals surface area contributed by atoms with Crippen LogP contribution in [0.1, 0.15) is 32.3 Å². The van der Waals surface area contributed by atoms with Crippen LogP contribution in [0.2, 0.25) is 0 Å². The summed E-state index contributed by atoms with van der Waals surface area (Å²) in [5.41, 5.74) is 7.94. The summed E-state index contributed by atoms with van der Waals surface area (Å²) < 4.78 is 0. The molecular weight excluding hydrogens is 290 g/mol. The number of rotatable bonds is 6. The molecule has 0 heterocycles. The third-order valence-electron chi connectivity index (χ3n) is 3.22. The first-order valence-electron chi connectivity index (χ1n) is 6.91. The van der Waals surface area contributed by atoms with E-state index in [0.717, 1.165) is 5.56 Å². The molecule has 2 amide bonds. The number of nitrogen functional groups attached to an aromatic ring is 1. The Bertz CT molecular complexity index is 488. The van der Waals surface area contributed by atoms with Gasteiger partial charge in [-0.25, -0.2) is 0 Å². The molecule has 118 valence electrons. The van der Waals surface area contributed by atoms with Crippen LogP contribution in [-0.2, 0) is 9.59 Å². The van der Waals surface area contributed by atoms with E-state index < -0.39 is 0 Å². The van der Waals surface area contributed by atoms with Crippen LogP contribution in [-0.4, -0.2) is 29.8 Å². The molecule has 0 aliphatic rings. The van der Waals surface area contributed by atoms with E-state index in [1.54, 1.807) is 17.0 Å². The van der Waals surface area contributed by atoms with E-state index in [1.807, 2.05) is 26.8 Å². The second-order valence-corrected chi connectivity index (χ2v) is 4.69. The molecule has 0 saturated carbocycles. The molecule has 1 rings (SSSR count). The lowest BCUT2D eigenvalue weighted by Gasteiger charge is -2.18. The van der Waals surface area contributed by atoms with E-state index in [4.69, 9.17) is 5.73 Å². The van der Waals surface area contributed by atoms with Crippen molar-refractivity contribution in [2.24, 2.45) is 0 Å². The fourth-order valence-corrected chi connectivity index (χ4v) is 1.94. The number of nitrogens with zero attached hydrogens (tertiary/aromatic N) is 1. The summed E-state index contributed by atoms with van der Waals surface area (Å²) in [6.07, 6.45) is 0.415. The average Bonchev–Trinajstić information content (AvgIpc) is 2.42. The third kappa shape index (κ3) is 6.04. The normalized spacial score (nSPS) is 9.67. The van der Waals surface area contributed by atoms with Gasteiger partial charge in [0.15, 0.2) is 0 Å². The Balaban J connectivity index is 0.00000400. The van der Waals surface area contributed by atoms with Crippen molar-refractivity contribution in [1.82, 2.24) is 4.90 Å². The first-order valence-corrected chi connectivity index (χ1v) is 6.91. The van der Waals surface area contributed by atoms with Gasteiger partial charge in [-0.15, -0.1) is 12.4 Å². The summed E-state index contributed by atoms with van der Waals surface area (Å²) in [7, 11) is 0. The number of carbonyl (C=O) groups is 2. The number of benzene rings is 1. The zero-order valence-corrected chi connectivity index (χ0v) is 13.6. The Morgan fingerprint density at radius 2 is 1.81 bits per heavy atom. The summed E-state index contributed by atoms with van der Waals surface area (Å²) in [5.74, 6) is -0.159. The molecule has 1 aromatic carbocycles. The highest BCUT2D eigenvalue weighted by atomic mass is 35.5. The number of amides is 2. The maximum absolute atomic E-state index is 11.9. The topological polar surface area (TPSA) is 75.4 Å². The van der Waals surface area contributed by atoms with Gasteiger partial charge in [0, 0.05) is 37.3 Å². The van der Waals surface area contributed by atoms with Gasteiger partial charge in [0.1, 0.15) is 0 Å². The summed E-state index contributed by atoms with van der Waals surface area (Å²) in [6, 6.07) is 5.36. The zero-order chi connectivity index (χ0) is 15.1. The van der Waals surface area contributed by atoms with E-state index in [0.29, 0.717) is 24.5 Å². The molecule has 3 N–H and O–H groups in total. The molecule has 0 saturated heterocycles. The minimum atomic E-state index is -0.167. The van der Waals surface area contributed by atoms with Gasteiger partial charge < -0.3 is 16.0 Å². The van der Waals surface area contributed by atoms with Crippen molar-refractivity contribution in [3.05, 3.63) is 23.8 Å². The molecule has 0 radical (unpaired) electrons. The lowest BCUT2D eigenvalue weighted by molar-refractivity contribution is -0.132. The molecule has 0 aliphatic heterocycles. The highest BCUT2D eigenvalue weighted by molar-refractivity contribution is 5.94. The first-order chi connectivity index (χ1) is 9.47. The quantitative estimate of drug-likeness (QED) is 0.793. The largest absolute Gasteiger partial charge is 0.399 e. The van der Waals surface area contributed by atoms with Crippen LogP contribution in [0.15, 0.2) is 18.2 Å². The summed E-state index contributed by atoms with van der Waals surface area (Å²) in [6.45, 7) is 7.10.